The highest BCUT2D eigenvalue weighted by Crippen LogP contribution is 2.13. The molecule has 0 aliphatic carbocycles. The maximum Gasteiger partial charge on any atom is 0.155 e. The van der Waals surface area contributed by atoms with Crippen LogP contribution < -0.4 is 5.32 Å². The quantitative estimate of drug-likeness (QED) is 0.886. The number of nitrogens with one attached hydrogen (secondary N) is 1. The Morgan fingerprint density at radius 1 is 1.25 bits per heavy atom. The average Bonchev–Trinajstić information content (AvgIpc) is 2.13. The summed E-state index contributed by atoms with van der Waals surface area (Å²) in [4.78, 5) is 0. The van der Waals surface area contributed by atoms with Crippen LogP contribution in [0.1, 0.15) is 5.56 Å². The first-order chi connectivity index (χ1) is 7.58. The Hall–Kier alpha value is -0.580. The zero-order valence-corrected chi connectivity index (χ0v) is 10.4. The molecule has 1 fully saturated rings. The van der Waals surface area contributed by atoms with Crippen LogP contribution in [0.15, 0.2) is 24.3 Å². The van der Waals surface area contributed by atoms with E-state index in [9.17, 15) is 8.42 Å². The Kier molecular flexibility index (Phi) is 3.52. The molecule has 1 N–H and O–H groups in total. The lowest BCUT2D eigenvalue weighted by Gasteiger charge is -2.26. The highest BCUT2D eigenvalue weighted by molar-refractivity contribution is 7.92. The molecule has 1 aromatic rings. The molecule has 1 saturated heterocycles. The lowest BCUT2D eigenvalue weighted by Crippen LogP contribution is -2.52. The van der Waals surface area contributed by atoms with Crippen LogP contribution in [0.3, 0.4) is 0 Å². The van der Waals surface area contributed by atoms with Crippen LogP contribution in [0.2, 0.25) is 5.02 Å². The van der Waals surface area contributed by atoms with Crippen LogP contribution in [0.25, 0.3) is 0 Å². The van der Waals surface area contributed by atoms with Gasteiger partial charge >= 0.3 is 0 Å². The van der Waals surface area contributed by atoms with Gasteiger partial charge in [0.05, 0.1) is 11.0 Å². The van der Waals surface area contributed by atoms with E-state index < -0.39 is 9.84 Å². The van der Waals surface area contributed by atoms with Crippen molar-refractivity contribution in [3.63, 3.8) is 0 Å². The summed E-state index contributed by atoms with van der Waals surface area (Å²) in [6.07, 6.45) is 0.565. The van der Waals surface area contributed by atoms with E-state index in [1.165, 1.54) is 0 Å². The summed E-state index contributed by atoms with van der Waals surface area (Å²) in [6, 6.07) is 7.32. The number of benzene rings is 1. The Morgan fingerprint density at radius 3 is 2.38 bits per heavy atom. The number of hydrogen-bond donors (Lipinski definition) is 1. The molecule has 88 valence electrons. The maximum atomic E-state index is 11.8. The van der Waals surface area contributed by atoms with E-state index in [1.807, 2.05) is 12.1 Å². The molecule has 0 spiro atoms. The van der Waals surface area contributed by atoms with Crippen molar-refractivity contribution < 1.29 is 8.42 Å². The molecular formula is C11H14ClNO2S. The highest BCUT2D eigenvalue weighted by Gasteiger charge is 2.30. The van der Waals surface area contributed by atoms with Crippen molar-refractivity contribution in [3.05, 3.63) is 34.9 Å². The van der Waals surface area contributed by atoms with Crippen LogP contribution in [-0.4, -0.2) is 32.5 Å². The molecular weight excluding hydrogens is 246 g/mol. The molecule has 0 amide bonds. The minimum absolute atomic E-state index is 0.181. The van der Waals surface area contributed by atoms with Gasteiger partial charge in [-0.3, -0.25) is 0 Å². The van der Waals surface area contributed by atoms with E-state index in [4.69, 9.17) is 11.6 Å². The molecule has 1 heterocycles. The van der Waals surface area contributed by atoms with Gasteiger partial charge < -0.3 is 5.32 Å². The lowest BCUT2D eigenvalue weighted by atomic mass is 10.2. The molecule has 2 rings (SSSR count). The molecule has 0 bridgehead atoms. The van der Waals surface area contributed by atoms with Crippen molar-refractivity contribution in [2.45, 2.75) is 11.7 Å². The van der Waals surface area contributed by atoms with Gasteiger partial charge in [-0.15, -0.1) is 0 Å². The van der Waals surface area contributed by atoms with Gasteiger partial charge in [-0.25, -0.2) is 8.42 Å². The molecule has 1 aliphatic rings. The maximum absolute atomic E-state index is 11.8. The molecule has 5 heteroatoms. The molecule has 0 atom stereocenters. The van der Waals surface area contributed by atoms with Gasteiger partial charge in [0.2, 0.25) is 0 Å². The molecule has 1 aromatic carbocycles. The first kappa shape index (κ1) is 11.9. The van der Waals surface area contributed by atoms with Crippen molar-refractivity contribution in [1.82, 2.24) is 5.32 Å². The summed E-state index contributed by atoms with van der Waals surface area (Å²) < 4.78 is 23.6. The summed E-state index contributed by atoms with van der Waals surface area (Å²) in [5.41, 5.74) is 1.01. The van der Waals surface area contributed by atoms with Gasteiger partial charge in [-0.05, 0) is 24.1 Å². The van der Waals surface area contributed by atoms with Crippen molar-refractivity contribution in [3.8, 4) is 0 Å². The Balaban J connectivity index is 1.94. The van der Waals surface area contributed by atoms with Crippen molar-refractivity contribution in [1.29, 1.82) is 0 Å². The largest absolute Gasteiger partial charge is 0.314 e. The highest BCUT2D eigenvalue weighted by atomic mass is 35.5. The summed E-state index contributed by atoms with van der Waals surface area (Å²) in [7, 11) is -2.93. The van der Waals surface area contributed by atoms with Gasteiger partial charge in [0.1, 0.15) is 0 Å². The van der Waals surface area contributed by atoms with Gasteiger partial charge in [0.15, 0.2) is 9.84 Å². The van der Waals surface area contributed by atoms with E-state index in [-0.39, 0.29) is 11.0 Å². The summed E-state index contributed by atoms with van der Waals surface area (Å²) in [6.45, 7) is 1.20. The van der Waals surface area contributed by atoms with Gasteiger partial charge in [-0.2, -0.15) is 0 Å². The predicted octanol–water partition coefficient (Wildman–Crippen LogP) is 1.27. The first-order valence-electron chi connectivity index (χ1n) is 5.25. The topological polar surface area (TPSA) is 46.2 Å². The minimum Gasteiger partial charge on any atom is -0.314 e. The van der Waals surface area contributed by atoms with Crippen molar-refractivity contribution in [2.75, 3.05) is 18.8 Å². The Bertz CT molecular complexity index is 451. The summed E-state index contributed by atoms with van der Waals surface area (Å²) >= 11 is 5.76. The normalized spacial score (nSPS) is 17.1. The van der Waals surface area contributed by atoms with Crippen molar-refractivity contribution in [2.24, 2.45) is 0 Å². The fraction of sp³-hybridized carbons (Fsp3) is 0.455. The number of aryl methyl sites for hydroxylation is 1. The number of hydrogen-bond acceptors (Lipinski definition) is 3. The zero-order valence-electron chi connectivity index (χ0n) is 8.82. The molecule has 0 unspecified atom stereocenters. The molecule has 0 saturated carbocycles. The third-order valence-electron chi connectivity index (χ3n) is 2.84. The fourth-order valence-corrected chi connectivity index (χ4v) is 3.32. The van der Waals surface area contributed by atoms with E-state index in [2.05, 4.69) is 5.32 Å². The number of rotatable bonds is 4. The van der Waals surface area contributed by atoms with Gasteiger partial charge in [-0.1, -0.05) is 23.7 Å². The van der Waals surface area contributed by atoms with E-state index in [1.54, 1.807) is 12.1 Å². The molecule has 3 nitrogen and oxygen atoms in total. The first-order valence-corrected chi connectivity index (χ1v) is 7.34. The number of sulfone groups is 1. The van der Waals surface area contributed by atoms with E-state index in [0.717, 1.165) is 5.56 Å². The second kappa shape index (κ2) is 4.73. The lowest BCUT2D eigenvalue weighted by molar-refractivity contribution is 0.495. The average molecular weight is 260 g/mol. The van der Waals surface area contributed by atoms with Crippen LogP contribution in [0, 0.1) is 0 Å². The van der Waals surface area contributed by atoms with Gasteiger partial charge in [0, 0.05) is 18.1 Å². The van der Waals surface area contributed by atoms with E-state index in [0.29, 0.717) is 24.5 Å². The SMILES string of the molecule is O=S(=O)(CCc1ccc(Cl)cc1)C1CNC1. The molecule has 0 aromatic heterocycles. The fourth-order valence-electron chi connectivity index (χ4n) is 1.59. The smallest absolute Gasteiger partial charge is 0.155 e. The second-order valence-corrected chi connectivity index (χ2v) is 6.86. The number of halogens is 1. The van der Waals surface area contributed by atoms with Crippen LogP contribution in [0.5, 0.6) is 0 Å². The standard InChI is InChI=1S/C11H14ClNO2S/c12-10-3-1-9(2-4-10)5-6-16(14,15)11-7-13-8-11/h1-4,11,13H,5-8H2. The Morgan fingerprint density at radius 2 is 1.88 bits per heavy atom. The summed E-state index contributed by atoms with van der Waals surface area (Å²) in [5, 5.41) is 3.47. The Labute approximate surface area is 101 Å². The molecule has 0 radical (unpaired) electrons. The van der Waals surface area contributed by atoms with Crippen LogP contribution in [-0.2, 0) is 16.3 Å². The third kappa shape index (κ3) is 2.75. The van der Waals surface area contributed by atoms with Crippen molar-refractivity contribution >= 4 is 21.4 Å². The predicted molar refractivity (Wildman–Crippen MR) is 65.6 cm³/mol. The second-order valence-electron chi connectivity index (χ2n) is 4.02. The molecule has 16 heavy (non-hydrogen) atoms. The van der Waals surface area contributed by atoms with Crippen LogP contribution >= 0.6 is 11.6 Å². The van der Waals surface area contributed by atoms with Crippen LogP contribution in [0.4, 0.5) is 0 Å². The monoisotopic (exact) mass is 259 g/mol. The third-order valence-corrected chi connectivity index (χ3v) is 5.21. The zero-order chi connectivity index (χ0) is 11.6. The van der Waals surface area contributed by atoms with E-state index >= 15 is 0 Å². The molecule has 1 aliphatic heterocycles. The minimum atomic E-state index is -2.93. The summed E-state index contributed by atoms with van der Waals surface area (Å²) in [5.74, 6) is 0.223. The van der Waals surface area contributed by atoms with Gasteiger partial charge in [0.25, 0.3) is 0 Å².